The zero-order valence-corrected chi connectivity index (χ0v) is 34.2. The van der Waals surface area contributed by atoms with Crippen LogP contribution in [0.25, 0.3) is 0 Å². The van der Waals surface area contributed by atoms with Crippen molar-refractivity contribution in [1.29, 1.82) is 0 Å². The summed E-state index contributed by atoms with van der Waals surface area (Å²) >= 11 is 0. The minimum atomic E-state index is -3.40. The largest absolute Gasteiger partial charge is 0.379 e. The first-order valence-corrected chi connectivity index (χ1v) is 23.5. The Kier molecular flexibility index (Phi) is 10.7. The number of aromatic nitrogens is 4. The molecule has 2 aromatic carbocycles. The summed E-state index contributed by atoms with van der Waals surface area (Å²) in [6, 6.07) is 3.29. The number of amides is 4. The Morgan fingerprint density at radius 1 is 0.569 bits per heavy atom. The summed E-state index contributed by atoms with van der Waals surface area (Å²) in [6.07, 6.45) is 16.4. The van der Waals surface area contributed by atoms with Crippen molar-refractivity contribution in [3.05, 3.63) is 80.4 Å². The van der Waals surface area contributed by atoms with Crippen molar-refractivity contribution >= 4 is 43.3 Å². The summed E-state index contributed by atoms with van der Waals surface area (Å²) in [6.45, 7) is 3.23. The fourth-order valence-corrected chi connectivity index (χ4v) is 11.8. The van der Waals surface area contributed by atoms with E-state index in [4.69, 9.17) is 19.8 Å². The van der Waals surface area contributed by atoms with Crippen molar-refractivity contribution in [3.63, 3.8) is 0 Å². The van der Waals surface area contributed by atoms with Crippen LogP contribution in [0.5, 0.6) is 0 Å². The lowest BCUT2D eigenvalue weighted by atomic mass is 9.99. The van der Waals surface area contributed by atoms with Crippen LogP contribution in [0.1, 0.15) is 81.6 Å². The van der Waals surface area contributed by atoms with Gasteiger partial charge in [-0.15, -0.1) is 8.73 Å². The number of hydrogen-bond donors (Lipinski definition) is 4. The molecule has 6 N–H and O–H groups in total. The van der Waals surface area contributed by atoms with Gasteiger partial charge in [0.1, 0.15) is 29.6 Å². The number of benzene rings is 2. The maximum atomic E-state index is 13.2. The molecule has 4 aromatic rings. The zero-order valence-electron chi connectivity index (χ0n) is 32.6. The molecule has 4 aliphatic carbocycles. The third-order valence-corrected chi connectivity index (χ3v) is 15.0. The Hall–Kier alpha value is -4.46. The second-order valence-electron chi connectivity index (χ2n) is 15.7. The smallest absolute Gasteiger partial charge is 0.354 e. The van der Waals surface area contributed by atoms with Crippen molar-refractivity contribution in [2.75, 3.05) is 37.1 Å². The normalized spacial score (nSPS) is 19.6. The van der Waals surface area contributed by atoms with Gasteiger partial charge in [-0.3, -0.25) is 9.36 Å². The Bertz CT molecular complexity index is 2340. The Morgan fingerprint density at radius 3 is 1.29 bits per heavy atom. The zero-order chi connectivity index (χ0) is 40.0. The van der Waals surface area contributed by atoms with E-state index in [-0.39, 0.29) is 0 Å². The number of carbonyl (C=O) groups excluding carboxylic acids is 2. The van der Waals surface area contributed by atoms with Crippen LogP contribution in [0.4, 0.5) is 21.0 Å². The first-order chi connectivity index (χ1) is 28.1. The summed E-state index contributed by atoms with van der Waals surface area (Å²) in [5, 5.41) is 26.5. The maximum absolute atomic E-state index is 13.2. The summed E-state index contributed by atoms with van der Waals surface area (Å²) in [7, 11) is -6.80. The number of nitrogens with two attached hydrogens (primary N) is 2. The van der Waals surface area contributed by atoms with Gasteiger partial charge >= 0.3 is 12.1 Å². The van der Waals surface area contributed by atoms with Gasteiger partial charge in [0.15, 0.2) is 0 Å². The molecule has 10 rings (SSSR count). The number of rotatable bonds is 4. The lowest BCUT2D eigenvalue weighted by Gasteiger charge is -2.15. The topological polar surface area (TPSA) is 223 Å². The molecule has 2 atom stereocenters. The third-order valence-electron chi connectivity index (χ3n) is 12.2. The van der Waals surface area contributed by atoms with E-state index in [0.717, 1.165) is 99.8 Å². The average Bonchev–Trinajstić information content (AvgIpc) is 4.04. The molecule has 58 heavy (non-hydrogen) atoms. The van der Waals surface area contributed by atoms with Crippen LogP contribution in [-0.4, -0.2) is 66.5 Å². The molecule has 0 fully saturated rings. The standard InChI is InChI=1S/2C20H25N5O3S/c2*21-29(27,18-12-22-25-8-10-28-9-7-17(18)25)24-20(26)23-19-15-5-1-3-13(15)11-14-4-2-6-16(14)19/h2*11-12H,1-10H2,(H3,21,23,24,26,27). The van der Waals surface area contributed by atoms with E-state index in [1.54, 1.807) is 9.36 Å². The second kappa shape index (κ2) is 16.0. The van der Waals surface area contributed by atoms with E-state index in [9.17, 15) is 18.0 Å². The molecule has 0 radical (unpaired) electrons. The number of aryl methyl sites for hydroxylation is 4. The van der Waals surface area contributed by atoms with E-state index in [1.807, 2.05) is 0 Å². The molecule has 0 saturated carbocycles. The van der Waals surface area contributed by atoms with Gasteiger partial charge in [0.25, 0.3) is 0 Å². The first kappa shape index (κ1) is 39.0. The van der Waals surface area contributed by atoms with Crippen molar-refractivity contribution in [2.45, 2.75) is 113 Å². The number of urea groups is 2. The van der Waals surface area contributed by atoms with Crippen molar-refractivity contribution < 1.29 is 27.5 Å². The predicted octanol–water partition coefficient (Wildman–Crippen LogP) is 4.73. The highest BCUT2D eigenvalue weighted by Crippen LogP contribution is 2.40. The van der Waals surface area contributed by atoms with Gasteiger partial charge in [0.2, 0.25) is 0 Å². The summed E-state index contributed by atoms with van der Waals surface area (Å²) < 4.78 is 48.5. The Balaban J connectivity index is 0.000000150. The van der Waals surface area contributed by atoms with Gasteiger partial charge in [-0.2, -0.15) is 10.2 Å². The molecule has 4 amide bonds. The quantitative estimate of drug-likeness (QED) is 0.225. The third kappa shape index (κ3) is 7.61. The maximum Gasteiger partial charge on any atom is 0.354 e. The van der Waals surface area contributed by atoms with Gasteiger partial charge in [-0.25, -0.2) is 28.3 Å². The lowest BCUT2D eigenvalue weighted by Crippen LogP contribution is -2.20. The van der Waals surface area contributed by atoms with Crippen LogP contribution < -0.4 is 20.9 Å². The highest BCUT2D eigenvalue weighted by Gasteiger charge is 2.28. The molecule has 0 spiro atoms. The molecule has 4 heterocycles. The van der Waals surface area contributed by atoms with Crippen LogP contribution >= 0.6 is 0 Å². The molecule has 2 unspecified atom stereocenters. The highest BCUT2D eigenvalue weighted by molar-refractivity contribution is 7.92. The van der Waals surface area contributed by atoms with Gasteiger partial charge < -0.3 is 20.1 Å². The fraction of sp³-hybridized carbons (Fsp3) is 0.500. The molecule has 308 valence electrons. The number of nitrogens with zero attached hydrogens (tertiary/aromatic N) is 6. The molecule has 0 saturated heterocycles. The predicted molar refractivity (Wildman–Crippen MR) is 219 cm³/mol. The summed E-state index contributed by atoms with van der Waals surface area (Å²) in [5.74, 6) is 0. The van der Waals surface area contributed by atoms with E-state index in [2.05, 4.69) is 41.7 Å². The number of hydrogen-bond acceptors (Lipinski definition) is 8. The molecule has 2 aromatic heterocycles. The molecule has 2 aliphatic heterocycles. The summed E-state index contributed by atoms with van der Waals surface area (Å²) in [5.41, 5.74) is 13.3. The molecule has 6 aliphatic rings. The first-order valence-electron chi connectivity index (χ1n) is 20.4. The van der Waals surface area contributed by atoms with Gasteiger partial charge in [-0.05, 0) is 122 Å². The van der Waals surface area contributed by atoms with Crippen LogP contribution in [0.2, 0.25) is 0 Å². The van der Waals surface area contributed by atoms with Crippen LogP contribution in [0.15, 0.2) is 43.0 Å². The number of carbonyl (C=O) groups is 2. The van der Waals surface area contributed by atoms with Gasteiger partial charge in [-0.1, -0.05) is 12.1 Å². The number of nitrogens with one attached hydrogen (secondary N) is 2. The minimum absolute atomic E-state index is 0.321. The SMILES string of the molecule is NS(=O)(=NC(=O)Nc1c2c(cc3c1CCC3)CCC2)c1cnn2c1CCOCC2.NS(=O)(=NC(=O)Nc1c2c(cc3c1CCC3)CCC2)c1cnn2c1CCOCC2. The van der Waals surface area contributed by atoms with E-state index < -0.39 is 31.9 Å². The van der Waals surface area contributed by atoms with Crippen molar-refractivity contribution in [2.24, 2.45) is 19.0 Å². The number of anilines is 2. The van der Waals surface area contributed by atoms with Crippen LogP contribution in [-0.2, 0) is 107 Å². The Morgan fingerprint density at radius 2 is 0.931 bits per heavy atom. The average molecular weight is 831 g/mol. The van der Waals surface area contributed by atoms with Gasteiger partial charge in [0, 0.05) is 24.2 Å². The monoisotopic (exact) mass is 830 g/mol. The summed E-state index contributed by atoms with van der Waals surface area (Å²) in [4.78, 5) is 26.2. The Labute approximate surface area is 338 Å². The lowest BCUT2D eigenvalue weighted by molar-refractivity contribution is 0.138. The van der Waals surface area contributed by atoms with Crippen LogP contribution in [0.3, 0.4) is 0 Å². The van der Waals surface area contributed by atoms with E-state index in [1.165, 1.54) is 56.9 Å². The molecule has 0 bridgehead atoms. The number of fused-ring (bicyclic) bond motifs is 6. The van der Waals surface area contributed by atoms with Gasteiger partial charge in [0.05, 0.1) is 63.3 Å². The highest BCUT2D eigenvalue weighted by atomic mass is 32.2. The minimum Gasteiger partial charge on any atom is -0.379 e. The van der Waals surface area contributed by atoms with Crippen LogP contribution in [0, 0.1) is 0 Å². The van der Waals surface area contributed by atoms with Crippen molar-refractivity contribution in [3.8, 4) is 0 Å². The van der Waals surface area contributed by atoms with Crippen molar-refractivity contribution in [1.82, 2.24) is 19.6 Å². The molecular weight excluding hydrogens is 781 g/mol. The van der Waals surface area contributed by atoms with E-state index >= 15 is 0 Å². The molecule has 18 heteroatoms. The molecule has 16 nitrogen and oxygen atoms in total. The second-order valence-corrected chi connectivity index (χ2v) is 19.2. The number of ether oxygens (including phenoxy) is 2. The fourth-order valence-electron chi connectivity index (χ4n) is 9.55. The molecular formula is C40H50N10O6S2. The van der Waals surface area contributed by atoms with E-state index in [0.29, 0.717) is 62.1 Å².